The first-order valence-electron chi connectivity index (χ1n) is 8.67. The Morgan fingerprint density at radius 1 is 1.11 bits per heavy atom. The van der Waals surface area contributed by atoms with Crippen LogP contribution >= 0.6 is 11.6 Å². The molecule has 0 aliphatic carbocycles. The summed E-state index contributed by atoms with van der Waals surface area (Å²) in [6.07, 6.45) is 1.25. The van der Waals surface area contributed by atoms with Gasteiger partial charge in [-0.15, -0.1) is 0 Å². The molecule has 0 aliphatic rings. The van der Waals surface area contributed by atoms with Gasteiger partial charge in [0.2, 0.25) is 11.2 Å². The van der Waals surface area contributed by atoms with Crippen molar-refractivity contribution in [2.24, 2.45) is 0 Å². The molecule has 0 amide bonds. The molecule has 0 saturated heterocycles. The van der Waals surface area contributed by atoms with Crippen LogP contribution in [0.2, 0.25) is 5.02 Å². The molecular weight excluding hydrogens is 384 g/mol. The number of ether oxygens (including phenoxy) is 3. The number of benzene rings is 2. The lowest BCUT2D eigenvalue weighted by molar-refractivity contribution is -0.145. The molecule has 7 heteroatoms. The molecule has 28 heavy (non-hydrogen) atoms. The molecule has 0 saturated carbocycles. The number of hydrogen-bond donors (Lipinski definition) is 0. The SMILES string of the molecule is CCOC(=O)COc1ccc2c(=O)c(Oc3cc(C)c(Cl)c(C)c3)coc2c1. The molecule has 1 aromatic heterocycles. The Morgan fingerprint density at radius 3 is 2.50 bits per heavy atom. The van der Waals surface area contributed by atoms with E-state index in [1.54, 1.807) is 31.2 Å². The summed E-state index contributed by atoms with van der Waals surface area (Å²) in [5.41, 5.74) is 1.71. The number of carbonyl (C=O) groups is 1. The molecule has 0 radical (unpaired) electrons. The van der Waals surface area contributed by atoms with Gasteiger partial charge in [-0.3, -0.25) is 4.79 Å². The smallest absolute Gasteiger partial charge is 0.344 e. The lowest BCUT2D eigenvalue weighted by Crippen LogP contribution is -2.14. The predicted octanol–water partition coefficient (Wildman–Crippen LogP) is 4.80. The van der Waals surface area contributed by atoms with Gasteiger partial charge in [0, 0.05) is 11.1 Å². The molecule has 0 N–H and O–H groups in total. The summed E-state index contributed by atoms with van der Waals surface area (Å²) in [4.78, 5) is 24.1. The van der Waals surface area contributed by atoms with Crippen molar-refractivity contribution in [3.63, 3.8) is 0 Å². The Bertz CT molecular complexity index is 1060. The van der Waals surface area contributed by atoms with Gasteiger partial charge in [-0.25, -0.2) is 4.79 Å². The van der Waals surface area contributed by atoms with Crippen LogP contribution in [0.3, 0.4) is 0 Å². The molecule has 0 atom stereocenters. The number of rotatable bonds is 6. The van der Waals surface area contributed by atoms with E-state index in [4.69, 9.17) is 30.2 Å². The fourth-order valence-electron chi connectivity index (χ4n) is 2.69. The second-order valence-corrected chi connectivity index (χ2v) is 6.53. The van der Waals surface area contributed by atoms with Crippen LogP contribution < -0.4 is 14.9 Å². The number of hydrogen-bond acceptors (Lipinski definition) is 6. The van der Waals surface area contributed by atoms with E-state index < -0.39 is 5.97 Å². The van der Waals surface area contributed by atoms with Crippen LogP contribution in [0.15, 0.2) is 45.8 Å². The number of fused-ring (bicyclic) bond motifs is 1. The maximum absolute atomic E-state index is 12.7. The van der Waals surface area contributed by atoms with Crippen LogP contribution in [0.25, 0.3) is 11.0 Å². The van der Waals surface area contributed by atoms with Gasteiger partial charge in [0.25, 0.3) is 0 Å². The molecule has 0 bridgehead atoms. The van der Waals surface area contributed by atoms with Crippen molar-refractivity contribution in [3.05, 3.63) is 63.0 Å². The highest BCUT2D eigenvalue weighted by molar-refractivity contribution is 6.32. The molecule has 0 spiro atoms. The van der Waals surface area contributed by atoms with Crippen molar-refractivity contribution in [2.45, 2.75) is 20.8 Å². The van der Waals surface area contributed by atoms with Crippen molar-refractivity contribution in [2.75, 3.05) is 13.2 Å². The third-order valence-corrected chi connectivity index (χ3v) is 4.61. The zero-order valence-electron chi connectivity index (χ0n) is 15.7. The number of halogens is 1. The molecule has 1 heterocycles. The fraction of sp³-hybridized carbons (Fsp3) is 0.238. The zero-order valence-corrected chi connectivity index (χ0v) is 16.5. The summed E-state index contributed by atoms with van der Waals surface area (Å²) >= 11 is 6.16. The maximum atomic E-state index is 12.7. The van der Waals surface area contributed by atoms with E-state index in [9.17, 15) is 9.59 Å². The summed E-state index contributed by atoms with van der Waals surface area (Å²) in [7, 11) is 0. The largest absolute Gasteiger partial charge is 0.482 e. The maximum Gasteiger partial charge on any atom is 0.344 e. The van der Waals surface area contributed by atoms with E-state index in [1.165, 1.54) is 12.3 Å². The fourth-order valence-corrected chi connectivity index (χ4v) is 2.80. The van der Waals surface area contributed by atoms with Crippen molar-refractivity contribution in [1.82, 2.24) is 0 Å². The standard InChI is InChI=1S/C21H19ClO6/c1-4-25-19(23)11-26-14-5-6-16-17(9-14)27-10-18(21(16)24)28-15-7-12(2)20(22)13(3)8-15/h5-10H,4,11H2,1-3H3. The van der Waals surface area contributed by atoms with Gasteiger partial charge in [0.05, 0.1) is 12.0 Å². The van der Waals surface area contributed by atoms with E-state index in [1.807, 2.05) is 13.8 Å². The summed E-state index contributed by atoms with van der Waals surface area (Å²) < 4.78 is 21.4. The topological polar surface area (TPSA) is 75.0 Å². The third-order valence-electron chi connectivity index (χ3n) is 4.01. The minimum atomic E-state index is -0.471. The van der Waals surface area contributed by atoms with Gasteiger partial charge in [-0.2, -0.15) is 0 Å². The van der Waals surface area contributed by atoms with Crippen LogP contribution in [0.4, 0.5) is 0 Å². The van der Waals surface area contributed by atoms with Gasteiger partial charge in [0.1, 0.15) is 23.3 Å². The normalized spacial score (nSPS) is 10.7. The van der Waals surface area contributed by atoms with Gasteiger partial charge in [-0.1, -0.05) is 11.6 Å². The van der Waals surface area contributed by atoms with E-state index >= 15 is 0 Å². The summed E-state index contributed by atoms with van der Waals surface area (Å²) in [5.74, 6) is 0.483. The molecule has 146 valence electrons. The average Bonchev–Trinajstić information content (AvgIpc) is 2.67. The molecule has 2 aromatic carbocycles. The van der Waals surface area contributed by atoms with Crippen LogP contribution in [0.5, 0.6) is 17.2 Å². The number of esters is 1. The summed E-state index contributed by atoms with van der Waals surface area (Å²) in [6, 6.07) is 8.19. The first kappa shape index (κ1) is 19.8. The van der Waals surface area contributed by atoms with Crippen molar-refractivity contribution in [1.29, 1.82) is 0 Å². The van der Waals surface area contributed by atoms with Gasteiger partial charge in [0.15, 0.2) is 6.61 Å². The molecule has 3 aromatic rings. The van der Waals surface area contributed by atoms with Crippen molar-refractivity contribution < 1.29 is 23.4 Å². The second-order valence-electron chi connectivity index (χ2n) is 6.15. The van der Waals surface area contributed by atoms with Gasteiger partial charge in [-0.05, 0) is 56.2 Å². The minimum Gasteiger partial charge on any atom is -0.482 e. The Balaban J connectivity index is 1.84. The lowest BCUT2D eigenvalue weighted by atomic mass is 10.1. The molecule has 0 unspecified atom stereocenters. The molecule has 3 rings (SSSR count). The Labute approximate surface area is 166 Å². The highest BCUT2D eigenvalue weighted by Crippen LogP contribution is 2.29. The third kappa shape index (κ3) is 4.28. The predicted molar refractivity (Wildman–Crippen MR) is 106 cm³/mol. The van der Waals surface area contributed by atoms with Crippen LogP contribution in [0.1, 0.15) is 18.1 Å². The van der Waals surface area contributed by atoms with Gasteiger partial charge < -0.3 is 18.6 Å². The summed E-state index contributed by atoms with van der Waals surface area (Å²) in [5, 5.41) is 0.997. The van der Waals surface area contributed by atoms with Crippen molar-refractivity contribution in [3.8, 4) is 17.2 Å². The van der Waals surface area contributed by atoms with Crippen LogP contribution in [0, 0.1) is 13.8 Å². The average molecular weight is 403 g/mol. The number of aryl methyl sites for hydroxylation is 2. The molecule has 0 aliphatic heterocycles. The first-order chi connectivity index (χ1) is 13.4. The Hall–Kier alpha value is -2.99. The Kier molecular flexibility index (Phi) is 5.90. The molecular formula is C21H19ClO6. The first-order valence-corrected chi connectivity index (χ1v) is 9.05. The highest BCUT2D eigenvalue weighted by atomic mass is 35.5. The highest BCUT2D eigenvalue weighted by Gasteiger charge is 2.12. The van der Waals surface area contributed by atoms with E-state index in [2.05, 4.69) is 0 Å². The monoisotopic (exact) mass is 402 g/mol. The Morgan fingerprint density at radius 2 is 1.82 bits per heavy atom. The van der Waals surface area contributed by atoms with Crippen LogP contribution in [-0.4, -0.2) is 19.2 Å². The van der Waals surface area contributed by atoms with Gasteiger partial charge >= 0.3 is 5.97 Å². The second kappa shape index (κ2) is 8.35. The van der Waals surface area contributed by atoms with Crippen LogP contribution in [-0.2, 0) is 9.53 Å². The molecule has 0 fully saturated rings. The summed E-state index contributed by atoms with van der Waals surface area (Å²) in [6.45, 7) is 5.50. The van der Waals surface area contributed by atoms with Crippen molar-refractivity contribution >= 4 is 28.5 Å². The minimum absolute atomic E-state index is 0.0637. The zero-order chi connectivity index (χ0) is 20.3. The lowest BCUT2D eigenvalue weighted by Gasteiger charge is -2.10. The molecule has 6 nitrogen and oxygen atoms in total. The quantitative estimate of drug-likeness (QED) is 0.551. The van der Waals surface area contributed by atoms with E-state index in [0.29, 0.717) is 27.5 Å². The number of carbonyl (C=O) groups excluding carboxylic acids is 1. The van der Waals surface area contributed by atoms with E-state index in [0.717, 1.165) is 11.1 Å². The van der Waals surface area contributed by atoms with E-state index in [-0.39, 0.29) is 24.4 Å².